The topological polar surface area (TPSA) is 122 Å². The number of aliphatic hydroxyl groups excluding tert-OH is 1. The molecule has 1 aromatic carbocycles. The first-order valence-electron chi connectivity index (χ1n) is 12.7. The van der Waals surface area contributed by atoms with Crippen LogP contribution in [0.2, 0.25) is 0 Å². The second kappa shape index (κ2) is 12.2. The summed E-state index contributed by atoms with van der Waals surface area (Å²) in [5.74, 6) is 1.18. The number of amides is 1. The van der Waals surface area contributed by atoms with E-state index in [0.717, 1.165) is 57.0 Å². The van der Waals surface area contributed by atoms with Crippen molar-refractivity contribution < 1.29 is 23.8 Å². The maximum absolute atomic E-state index is 12.6. The van der Waals surface area contributed by atoms with E-state index in [-0.39, 0.29) is 12.5 Å². The summed E-state index contributed by atoms with van der Waals surface area (Å²) in [5.41, 5.74) is 3.66. The van der Waals surface area contributed by atoms with E-state index in [1.54, 1.807) is 18.5 Å². The van der Waals surface area contributed by atoms with Gasteiger partial charge in [0.25, 0.3) is 5.91 Å². The standard InChI is InChI=1S/C27H33N5O5/c33-23(13-30-27(34)26-12-22(3-7-29-26)31-21-5-9-35-10-6-21)16-32-8-4-19-11-24(2-1-20(19)15-32)36-17-25-14-28-18-37-25/h1-3,7,11-12,14,18,21,23,33H,4-6,8-10,13,15-17H2,(H,29,31)(H,30,34)/t23-/m0/s1. The zero-order chi connectivity index (χ0) is 25.5. The Bertz CT molecular complexity index is 1170. The highest BCUT2D eigenvalue weighted by molar-refractivity contribution is 5.93. The van der Waals surface area contributed by atoms with E-state index in [4.69, 9.17) is 13.9 Å². The van der Waals surface area contributed by atoms with Crippen LogP contribution in [0.25, 0.3) is 0 Å². The fourth-order valence-corrected chi connectivity index (χ4v) is 4.69. The first-order chi connectivity index (χ1) is 18.1. The highest BCUT2D eigenvalue weighted by Crippen LogP contribution is 2.24. The van der Waals surface area contributed by atoms with Crippen molar-refractivity contribution in [1.82, 2.24) is 20.2 Å². The molecule has 196 valence electrons. The van der Waals surface area contributed by atoms with E-state index < -0.39 is 6.10 Å². The second-order valence-corrected chi connectivity index (χ2v) is 9.50. The Morgan fingerprint density at radius 3 is 2.95 bits per heavy atom. The van der Waals surface area contributed by atoms with Crippen molar-refractivity contribution in [2.24, 2.45) is 0 Å². The van der Waals surface area contributed by atoms with Crippen LogP contribution in [0.1, 0.15) is 40.2 Å². The number of ether oxygens (including phenoxy) is 2. The van der Waals surface area contributed by atoms with Gasteiger partial charge in [-0.05, 0) is 54.7 Å². The summed E-state index contributed by atoms with van der Waals surface area (Å²) in [7, 11) is 0. The predicted octanol–water partition coefficient (Wildman–Crippen LogP) is 2.39. The van der Waals surface area contributed by atoms with Crippen LogP contribution in [0.3, 0.4) is 0 Å². The van der Waals surface area contributed by atoms with Gasteiger partial charge in [-0.2, -0.15) is 0 Å². The normalized spacial score (nSPS) is 17.1. The third kappa shape index (κ3) is 7.06. The molecule has 3 aromatic rings. The summed E-state index contributed by atoms with van der Waals surface area (Å²) < 4.78 is 16.4. The number of hydrogen-bond donors (Lipinski definition) is 3. The van der Waals surface area contributed by atoms with Gasteiger partial charge in [-0.25, -0.2) is 4.98 Å². The van der Waals surface area contributed by atoms with Crippen LogP contribution in [0.15, 0.2) is 53.5 Å². The van der Waals surface area contributed by atoms with Gasteiger partial charge in [0.05, 0.1) is 12.3 Å². The number of carbonyl (C=O) groups excluding carboxylic acids is 1. The Morgan fingerprint density at radius 1 is 1.22 bits per heavy atom. The number of anilines is 1. The lowest BCUT2D eigenvalue weighted by Gasteiger charge is -2.30. The third-order valence-electron chi connectivity index (χ3n) is 6.69. The van der Waals surface area contributed by atoms with Crippen LogP contribution in [0, 0.1) is 0 Å². The molecule has 10 nitrogen and oxygen atoms in total. The minimum absolute atomic E-state index is 0.163. The summed E-state index contributed by atoms with van der Waals surface area (Å²) in [6, 6.07) is 10.0. The molecule has 0 aliphatic carbocycles. The van der Waals surface area contributed by atoms with Gasteiger partial charge in [0, 0.05) is 57.3 Å². The summed E-state index contributed by atoms with van der Waals surface area (Å²) in [6.45, 7) is 4.04. The molecule has 2 aliphatic rings. The molecule has 0 saturated carbocycles. The zero-order valence-electron chi connectivity index (χ0n) is 20.8. The Morgan fingerprint density at radius 2 is 2.11 bits per heavy atom. The quantitative estimate of drug-likeness (QED) is 0.380. The number of pyridine rings is 1. The molecule has 10 heteroatoms. The number of nitrogens with one attached hydrogen (secondary N) is 2. The van der Waals surface area contributed by atoms with Crippen LogP contribution in [-0.2, 0) is 24.3 Å². The minimum atomic E-state index is -0.682. The fourth-order valence-electron chi connectivity index (χ4n) is 4.69. The number of β-amino-alcohol motifs (C(OH)–C–C–N with tert-alkyl or cyclic N) is 1. The molecule has 0 spiro atoms. The van der Waals surface area contributed by atoms with E-state index in [1.165, 1.54) is 17.5 Å². The molecule has 3 N–H and O–H groups in total. The van der Waals surface area contributed by atoms with Crippen molar-refractivity contribution in [3.8, 4) is 5.75 Å². The molecule has 1 saturated heterocycles. The van der Waals surface area contributed by atoms with Crippen LogP contribution >= 0.6 is 0 Å². The number of rotatable bonds is 10. The van der Waals surface area contributed by atoms with Gasteiger partial charge >= 0.3 is 0 Å². The van der Waals surface area contributed by atoms with Crippen LogP contribution < -0.4 is 15.4 Å². The molecule has 1 fully saturated rings. The number of hydrogen-bond acceptors (Lipinski definition) is 9. The predicted molar refractivity (Wildman–Crippen MR) is 136 cm³/mol. The lowest BCUT2D eigenvalue weighted by molar-refractivity contribution is 0.0837. The lowest BCUT2D eigenvalue weighted by Crippen LogP contribution is -2.42. The van der Waals surface area contributed by atoms with Crippen LogP contribution in [0.4, 0.5) is 5.69 Å². The molecular formula is C27H33N5O5. The third-order valence-corrected chi connectivity index (χ3v) is 6.69. The number of aliphatic hydroxyl groups is 1. The SMILES string of the molecule is O=C(NC[C@H](O)CN1CCc2cc(OCc3cnco3)ccc2C1)c1cc(NC2CCOCC2)ccn1. The molecule has 2 aromatic heterocycles. The summed E-state index contributed by atoms with van der Waals surface area (Å²) in [6.07, 6.45) is 6.72. The number of nitrogens with zero attached hydrogens (tertiary/aromatic N) is 3. The average molecular weight is 508 g/mol. The van der Waals surface area contributed by atoms with Crippen LogP contribution in [0.5, 0.6) is 5.75 Å². The molecule has 0 bridgehead atoms. The number of fused-ring (bicyclic) bond motifs is 1. The number of carbonyl (C=O) groups is 1. The van der Waals surface area contributed by atoms with Gasteiger partial charge in [-0.15, -0.1) is 0 Å². The molecule has 0 unspecified atom stereocenters. The van der Waals surface area contributed by atoms with E-state index >= 15 is 0 Å². The lowest BCUT2D eigenvalue weighted by atomic mass is 9.99. The Hall–Kier alpha value is -3.47. The van der Waals surface area contributed by atoms with Gasteiger partial charge in [-0.3, -0.25) is 14.7 Å². The molecule has 2 aliphatic heterocycles. The number of aromatic nitrogens is 2. The van der Waals surface area contributed by atoms with Gasteiger partial charge in [0.2, 0.25) is 0 Å². The van der Waals surface area contributed by atoms with Crippen LogP contribution in [-0.4, -0.2) is 70.9 Å². The summed E-state index contributed by atoms with van der Waals surface area (Å²) >= 11 is 0. The summed E-state index contributed by atoms with van der Waals surface area (Å²) in [5, 5.41) is 16.9. The van der Waals surface area contributed by atoms with Crippen molar-refractivity contribution in [2.75, 3.05) is 38.2 Å². The van der Waals surface area contributed by atoms with Crippen molar-refractivity contribution in [2.45, 2.75) is 44.6 Å². The van der Waals surface area contributed by atoms with E-state index in [1.807, 2.05) is 12.1 Å². The molecular weight excluding hydrogens is 474 g/mol. The van der Waals surface area contributed by atoms with Gasteiger partial charge in [0.1, 0.15) is 18.1 Å². The van der Waals surface area contributed by atoms with Gasteiger partial charge in [-0.1, -0.05) is 6.07 Å². The van der Waals surface area contributed by atoms with Crippen molar-refractivity contribution >= 4 is 11.6 Å². The van der Waals surface area contributed by atoms with Gasteiger partial charge in [0.15, 0.2) is 12.2 Å². The van der Waals surface area contributed by atoms with E-state index in [0.29, 0.717) is 30.6 Å². The molecule has 5 rings (SSSR count). The van der Waals surface area contributed by atoms with E-state index in [2.05, 4.69) is 37.6 Å². The van der Waals surface area contributed by atoms with Crippen molar-refractivity contribution in [1.29, 1.82) is 0 Å². The fraction of sp³-hybridized carbons (Fsp3) is 0.444. The molecule has 0 radical (unpaired) electrons. The Kier molecular flexibility index (Phi) is 8.29. The Labute approximate surface area is 216 Å². The molecule has 1 atom stereocenters. The monoisotopic (exact) mass is 507 g/mol. The average Bonchev–Trinajstić information content (AvgIpc) is 3.45. The molecule has 1 amide bonds. The highest BCUT2D eigenvalue weighted by Gasteiger charge is 2.20. The van der Waals surface area contributed by atoms with E-state index in [9.17, 15) is 9.90 Å². The zero-order valence-corrected chi connectivity index (χ0v) is 20.8. The molecule has 37 heavy (non-hydrogen) atoms. The number of benzene rings is 1. The maximum atomic E-state index is 12.6. The smallest absolute Gasteiger partial charge is 0.270 e. The minimum Gasteiger partial charge on any atom is -0.486 e. The van der Waals surface area contributed by atoms with Gasteiger partial charge < -0.3 is 29.6 Å². The largest absolute Gasteiger partial charge is 0.486 e. The Balaban J connectivity index is 1.07. The number of oxazole rings is 1. The first-order valence-corrected chi connectivity index (χ1v) is 12.7. The highest BCUT2D eigenvalue weighted by atomic mass is 16.5. The second-order valence-electron chi connectivity index (χ2n) is 9.50. The molecule has 4 heterocycles. The van der Waals surface area contributed by atoms with Crippen molar-refractivity contribution in [3.63, 3.8) is 0 Å². The van der Waals surface area contributed by atoms with Crippen molar-refractivity contribution in [3.05, 3.63) is 71.7 Å². The first kappa shape index (κ1) is 25.2. The summed E-state index contributed by atoms with van der Waals surface area (Å²) in [4.78, 5) is 22.9. The maximum Gasteiger partial charge on any atom is 0.270 e.